The van der Waals surface area contributed by atoms with Crippen LogP contribution in [0.4, 0.5) is 5.69 Å². The van der Waals surface area contributed by atoms with Gasteiger partial charge in [-0.25, -0.2) is 0 Å². The van der Waals surface area contributed by atoms with Gasteiger partial charge in [0.2, 0.25) is 17.7 Å². The third kappa shape index (κ3) is 5.73. The third-order valence-corrected chi connectivity index (χ3v) is 4.51. The van der Waals surface area contributed by atoms with Crippen molar-refractivity contribution in [1.29, 1.82) is 0 Å². The largest absolute Gasteiger partial charge is 0.497 e. The molecule has 2 rings (SSSR count). The van der Waals surface area contributed by atoms with Crippen LogP contribution >= 0.6 is 0 Å². The second-order valence-corrected chi connectivity index (χ2v) is 6.48. The van der Waals surface area contributed by atoms with Crippen molar-refractivity contribution in [3.05, 3.63) is 24.3 Å². The smallest absolute Gasteiger partial charge is 0.243 e. The van der Waals surface area contributed by atoms with E-state index in [2.05, 4.69) is 5.32 Å². The van der Waals surface area contributed by atoms with Crippen molar-refractivity contribution in [2.24, 2.45) is 11.7 Å². The van der Waals surface area contributed by atoms with Gasteiger partial charge in [-0.2, -0.15) is 0 Å². The Morgan fingerprint density at radius 3 is 2.62 bits per heavy atom. The highest BCUT2D eigenvalue weighted by Gasteiger charge is 2.25. The standard InChI is InChI=1S/C18H26N4O4/c1-21(11-16(23)20-14-4-3-5-15(10-14)26-2)17(24)12-22-8-6-13(7-9-22)18(19)25/h3-5,10,13H,6-9,11-12H2,1-2H3,(H2,19,25)(H,20,23). The maximum absolute atomic E-state index is 12.3. The van der Waals surface area contributed by atoms with Crippen molar-refractivity contribution in [2.75, 3.05) is 45.7 Å². The highest BCUT2D eigenvalue weighted by atomic mass is 16.5. The number of rotatable bonds is 7. The quantitative estimate of drug-likeness (QED) is 0.725. The number of amides is 3. The first kappa shape index (κ1) is 19.7. The molecule has 142 valence electrons. The van der Waals surface area contributed by atoms with Crippen molar-refractivity contribution in [2.45, 2.75) is 12.8 Å². The summed E-state index contributed by atoms with van der Waals surface area (Å²) in [6, 6.07) is 7.03. The maximum atomic E-state index is 12.3. The highest BCUT2D eigenvalue weighted by molar-refractivity contribution is 5.94. The number of hydrogen-bond donors (Lipinski definition) is 2. The molecule has 1 aromatic rings. The average molecular weight is 362 g/mol. The van der Waals surface area contributed by atoms with Crippen LogP contribution in [0, 0.1) is 5.92 Å². The number of nitrogens with two attached hydrogens (primary N) is 1. The van der Waals surface area contributed by atoms with Crippen molar-refractivity contribution in [3.8, 4) is 5.75 Å². The van der Waals surface area contributed by atoms with Gasteiger partial charge in [-0.05, 0) is 38.1 Å². The predicted octanol–water partition coefficient (Wildman–Crippen LogP) is 0.289. The van der Waals surface area contributed by atoms with Crippen LogP contribution in [0.1, 0.15) is 12.8 Å². The molecule has 1 heterocycles. The summed E-state index contributed by atoms with van der Waals surface area (Å²) in [7, 11) is 3.16. The summed E-state index contributed by atoms with van der Waals surface area (Å²) in [6.07, 6.45) is 1.34. The van der Waals surface area contributed by atoms with Crippen LogP contribution in [0.2, 0.25) is 0 Å². The van der Waals surface area contributed by atoms with Gasteiger partial charge < -0.3 is 20.7 Å². The summed E-state index contributed by atoms with van der Waals surface area (Å²) < 4.78 is 5.11. The Hall–Kier alpha value is -2.61. The number of primary amides is 1. The lowest BCUT2D eigenvalue weighted by molar-refractivity contribution is -0.134. The van der Waals surface area contributed by atoms with E-state index >= 15 is 0 Å². The van der Waals surface area contributed by atoms with Gasteiger partial charge in [0, 0.05) is 24.7 Å². The van der Waals surface area contributed by atoms with Crippen molar-refractivity contribution >= 4 is 23.4 Å². The van der Waals surface area contributed by atoms with Crippen LogP contribution in [0.15, 0.2) is 24.3 Å². The Bertz CT molecular complexity index is 656. The number of likely N-dealkylation sites (tertiary alicyclic amines) is 1. The first-order chi connectivity index (χ1) is 12.4. The SMILES string of the molecule is COc1cccc(NC(=O)CN(C)C(=O)CN2CCC(C(N)=O)CC2)c1. The van der Waals surface area contributed by atoms with Gasteiger partial charge in [0.15, 0.2) is 0 Å². The van der Waals surface area contributed by atoms with Crippen LogP contribution in [-0.2, 0) is 14.4 Å². The van der Waals surface area contributed by atoms with Crippen LogP contribution < -0.4 is 15.8 Å². The number of likely N-dealkylation sites (N-methyl/N-ethyl adjacent to an activating group) is 1. The molecule has 26 heavy (non-hydrogen) atoms. The lowest BCUT2D eigenvalue weighted by Gasteiger charge is -2.31. The fourth-order valence-electron chi connectivity index (χ4n) is 2.89. The van der Waals surface area contributed by atoms with E-state index in [4.69, 9.17) is 10.5 Å². The predicted molar refractivity (Wildman–Crippen MR) is 97.6 cm³/mol. The molecule has 0 unspecified atom stereocenters. The molecular formula is C18H26N4O4. The molecule has 0 bridgehead atoms. The molecule has 0 atom stereocenters. The Kier molecular flexibility index (Phi) is 6.97. The zero-order valence-corrected chi connectivity index (χ0v) is 15.2. The lowest BCUT2D eigenvalue weighted by atomic mass is 9.96. The molecule has 0 spiro atoms. The number of hydrogen-bond acceptors (Lipinski definition) is 5. The monoisotopic (exact) mass is 362 g/mol. The number of nitrogens with one attached hydrogen (secondary N) is 1. The first-order valence-electron chi connectivity index (χ1n) is 8.58. The molecule has 1 aromatic carbocycles. The fourth-order valence-corrected chi connectivity index (χ4v) is 2.89. The maximum Gasteiger partial charge on any atom is 0.243 e. The van der Waals surface area contributed by atoms with Gasteiger partial charge in [0.25, 0.3) is 0 Å². The van der Waals surface area contributed by atoms with E-state index in [1.165, 1.54) is 4.90 Å². The number of benzene rings is 1. The second-order valence-electron chi connectivity index (χ2n) is 6.48. The number of ether oxygens (including phenoxy) is 1. The Morgan fingerprint density at radius 1 is 1.31 bits per heavy atom. The number of nitrogens with zero attached hydrogens (tertiary/aromatic N) is 2. The normalized spacial score (nSPS) is 15.3. The van der Waals surface area contributed by atoms with Gasteiger partial charge in [-0.1, -0.05) is 6.07 Å². The molecule has 8 heteroatoms. The molecule has 0 saturated carbocycles. The van der Waals surface area contributed by atoms with Crippen LogP contribution in [-0.4, -0.2) is 67.9 Å². The minimum absolute atomic E-state index is 0.0339. The molecule has 0 aromatic heterocycles. The minimum atomic E-state index is -0.276. The Labute approximate surface area is 153 Å². The number of anilines is 1. The molecule has 1 fully saturated rings. The molecule has 3 amide bonds. The molecule has 1 saturated heterocycles. The van der Waals surface area contributed by atoms with Crippen LogP contribution in [0.5, 0.6) is 5.75 Å². The Morgan fingerprint density at radius 2 is 2.00 bits per heavy atom. The third-order valence-electron chi connectivity index (χ3n) is 4.51. The number of carbonyl (C=O) groups excluding carboxylic acids is 3. The lowest BCUT2D eigenvalue weighted by Crippen LogP contribution is -2.45. The summed E-state index contributed by atoms with van der Waals surface area (Å²) in [5, 5.41) is 2.75. The number of carbonyl (C=O) groups is 3. The molecule has 8 nitrogen and oxygen atoms in total. The fraction of sp³-hybridized carbons (Fsp3) is 0.500. The van der Waals surface area contributed by atoms with Crippen LogP contribution in [0.25, 0.3) is 0 Å². The zero-order valence-electron chi connectivity index (χ0n) is 15.2. The molecule has 1 aliphatic rings. The molecule has 1 aliphatic heterocycles. The van der Waals surface area contributed by atoms with Gasteiger partial charge in [0.05, 0.1) is 20.2 Å². The van der Waals surface area contributed by atoms with Gasteiger partial charge >= 0.3 is 0 Å². The van der Waals surface area contributed by atoms with Gasteiger partial charge in [-0.15, -0.1) is 0 Å². The average Bonchev–Trinajstić information content (AvgIpc) is 2.62. The van der Waals surface area contributed by atoms with Crippen molar-refractivity contribution < 1.29 is 19.1 Å². The molecule has 0 radical (unpaired) electrons. The van der Waals surface area contributed by atoms with E-state index < -0.39 is 0 Å². The van der Waals surface area contributed by atoms with Gasteiger partial charge in [0.1, 0.15) is 5.75 Å². The van der Waals surface area contributed by atoms with Crippen LogP contribution in [0.3, 0.4) is 0 Å². The summed E-state index contributed by atoms with van der Waals surface area (Å²) >= 11 is 0. The van der Waals surface area contributed by atoms with E-state index in [0.717, 1.165) is 0 Å². The van der Waals surface area contributed by atoms with E-state index in [1.807, 2.05) is 4.90 Å². The minimum Gasteiger partial charge on any atom is -0.497 e. The summed E-state index contributed by atoms with van der Waals surface area (Å²) in [4.78, 5) is 39.0. The number of methoxy groups -OCH3 is 1. The van der Waals surface area contributed by atoms with Crippen molar-refractivity contribution in [1.82, 2.24) is 9.80 Å². The zero-order chi connectivity index (χ0) is 19.1. The number of piperidine rings is 1. The van der Waals surface area contributed by atoms with E-state index in [9.17, 15) is 14.4 Å². The van der Waals surface area contributed by atoms with Crippen molar-refractivity contribution in [3.63, 3.8) is 0 Å². The Balaban J connectivity index is 1.77. The van der Waals surface area contributed by atoms with E-state index in [-0.39, 0.29) is 36.7 Å². The van der Waals surface area contributed by atoms with E-state index in [0.29, 0.717) is 37.4 Å². The van der Waals surface area contributed by atoms with Gasteiger partial charge in [-0.3, -0.25) is 19.3 Å². The molecule has 0 aliphatic carbocycles. The molecular weight excluding hydrogens is 336 g/mol. The molecule has 3 N–H and O–H groups in total. The second kappa shape index (κ2) is 9.19. The summed E-state index contributed by atoms with van der Waals surface area (Å²) in [6.45, 7) is 1.51. The summed E-state index contributed by atoms with van der Waals surface area (Å²) in [5.41, 5.74) is 5.93. The highest BCUT2D eigenvalue weighted by Crippen LogP contribution is 2.17. The first-order valence-corrected chi connectivity index (χ1v) is 8.58. The van der Waals surface area contributed by atoms with E-state index in [1.54, 1.807) is 38.4 Å². The summed E-state index contributed by atoms with van der Waals surface area (Å²) in [5.74, 6) is -0.147. The topological polar surface area (TPSA) is 105 Å².